The van der Waals surface area contributed by atoms with Gasteiger partial charge in [-0.25, -0.2) is 4.79 Å². The highest BCUT2D eigenvalue weighted by Crippen LogP contribution is 2.34. The monoisotopic (exact) mass is 345 g/mol. The maximum absolute atomic E-state index is 11.6. The lowest BCUT2D eigenvalue weighted by atomic mass is 10.2. The maximum Gasteiger partial charge on any atom is 0.379 e. The van der Waals surface area contributed by atoms with E-state index in [0.29, 0.717) is 5.75 Å². The lowest BCUT2D eigenvalue weighted by Crippen LogP contribution is -2.19. The van der Waals surface area contributed by atoms with Crippen molar-refractivity contribution < 1.29 is 14.3 Å². The van der Waals surface area contributed by atoms with Crippen LogP contribution >= 0.6 is 0 Å². The van der Waals surface area contributed by atoms with E-state index in [4.69, 9.17) is 4.74 Å². The zero-order valence-electron chi connectivity index (χ0n) is 14.5. The Labute approximate surface area is 152 Å². The van der Waals surface area contributed by atoms with Crippen LogP contribution in [0, 0.1) is 0 Å². The molecule has 0 heterocycles. The van der Waals surface area contributed by atoms with Crippen molar-refractivity contribution in [1.29, 1.82) is 0 Å². The summed E-state index contributed by atoms with van der Waals surface area (Å²) in [4.78, 5) is 25.1. The van der Waals surface area contributed by atoms with Crippen LogP contribution in [0.15, 0.2) is 84.9 Å². The smallest absolute Gasteiger partial charge is 0.379 e. The molecule has 0 atom stereocenters. The Bertz CT molecular complexity index is 835. The van der Waals surface area contributed by atoms with E-state index in [1.54, 1.807) is 19.1 Å². The molecule has 0 aliphatic rings. The van der Waals surface area contributed by atoms with E-state index in [0.717, 1.165) is 17.1 Å². The van der Waals surface area contributed by atoms with E-state index >= 15 is 0 Å². The minimum absolute atomic E-state index is 0.132. The second-order valence-corrected chi connectivity index (χ2v) is 5.67. The standard InChI is InChI=1S/C22H19NO3/c1-2-21(24)22(25)26-20-15-13-19(14-16-20)23(17-9-5-3-6-10-17)18-11-7-4-8-12-18/h3-16H,2H2,1H3. The quantitative estimate of drug-likeness (QED) is 0.357. The lowest BCUT2D eigenvalue weighted by molar-refractivity contribution is -0.146. The van der Waals surface area contributed by atoms with Gasteiger partial charge in [-0.05, 0) is 48.5 Å². The highest BCUT2D eigenvalue weighted by Gasteiger charge is 2.15. The van der Waals surface area contributed by atoms with Crippen molar-refractivity contribution in [2.24, 2.45) is 0 Å². The van der Waals surface area contributed by atoms with Gasteiger partial charge in [-0.1, -0.05) is 43.3 Å². The van der Waals surface area contributed by atoms with E-state index in [1.807, 2.05) is 72.8 Å². The molecule has 0 amide bonds. The molecule has 130 valence electrons. The van der Waals surface area contributed by atoms with Crippen molar-refractivity contribution in [3.05, 3.63) is 84.9 Å². The molecule has 0 saturated heterocycles. The Morgan fingerprint density at radius 2 is 1.19 bits per heavy atom. The Hall–Kier alpha value is -3.40. The van der Waals surface area contributed by atoms with Gasteiger partial charge in [0.2, 0.25) is 5.78 Å². The number of ketones is 1. The van der Waals surface area contributed by atoms with Crippen molar-refractivity contribution >= 4 is 28.8 Å². The largest absolute Gasteiger partial charge is 0.421 e. The van der Waals surface area contributed by atoms with Crippen LogP contribution in [0.3, 0.4) is 0 Å². The lowest BCUT2D eigenvalue weighted by Gasteiger charge is -2.25. The molecule has 0 spiro atoms. The number of carbonyl (C=O) groups is 2. The minimum Gasteiger partial charge on any atom is -0.421 e. The average molecular weight is 345 g/mol. The van der Waals surface area contributed by atoms with Crippen LogP contribution in [0.25, 0.3) is 0 Å². The van der Waals surface area contributed by atoms with Gasteiger partial charge in [0.05, 0.1) is 0 Å². The second kappa shape index (κ2) is 8.12. The van der Waals surface area contributed by atoms with Crippen LogP contribution in [0.5, 0.6) is 5.75 Å². The van der Waals surface area contributed by atoms with E-state index in [1.165, 1.54) is 0 Å². The molecule has 0 aliphatic heterocycles. The number of ether oxygens (including phenoxy) is 1. The van der Waals surface area contributed by atoms with Crippen molar-refractivity contribution in [3.63, 3.8) is 0 Å². The summed E-state index contributed by atoms with van der Waals surface area (Å²) in [6.07, 6.45) is 0.132. The first kappa shape index (κ1) is 17.4. The molecule has 3 aromatic carbocycles. The third kappa shape index (κ3) is 3.98. The van der Waals surface area contributed by atoms with E-state index in [9.17, 15) is 9.59 Å². The molecule has 0 radical (unpaired) electrons. The van der Waals surface area contributed by atoms with Gasteiger partial charge in [-0.2, -0.15) is 0 Å². The van der Waals surface area contributed by atoms with Crippen LogP contribution in [0.4, 0.5) is 17.1 Å². The number of esters is 1. The van der Waals surface area contributed by atoms with Gasteiger partial charge in [0.15, 0.2) is 0 Å². The molecule has 3 rings (SSSR count). The first-order chi connectivity index (χ1) is 12.7. The summed E-state index contributed by atoms with van der Waals surface area (Å²) in [5.41, 5.74) is 2.96. The first-order valence-corrected chi connectivity index (χ1v) is 8.44. The van der Waals surface area contributed by atoms with Crippen LogP contribution in [-0.4, -0.2) is 11.8 Å². The molecule has 0 unspecified atom stereocenters. The number of anilines is 3. The maximum atomic E-state index is 11.6. The summed E-state index contributed by atoms with van der Waals surface area (Å²) in [5.74, 6) is -1.02. The van der Waals surface area contributed by atoms with E-state index < -0.39 is 11.8 Å². The molecule has 0 aromatic heterocycles. The minimum atomic E-state index is -0.830. The van der Waals surface area contributed by atoms with Gasteiger partial charge in [0.25, 0.3) is 0 Å². The SMILES string of the molecule is CCC(=O)C(=O)Oc1ccc(N(c2ccccc2)c2ccccc2)cc1. The van der Waals surface area contributed by atoms with Crippen molar-refractivity contribution in [2.45, 2.75) is 13.3 Å². The molecule has 0 aliphatic carbocycles. The summed E-state index contributed by atoms with van der Waals surface area (Å²) in [6, 6.07) is 27.1. The Balaban J connectivity index is 1.91. The molecule has 26 heavy (non-hydrogen) atoms. The van der Waals surface area contributed by atoms with Crippen molar-refractivity contribution in [3.8, 4) is 5.75 Å². The van der Waals surface area contributed by atoms with Crippen molar-refractivity contribution in [2.75, 3.05) is 4.90 Å². The first-order valence-electron chi connectivity index (χ1n) is 8.44. The van der Waals surface area contributed by atoms with E-state index in [-0.39, 0.29) is 6.42 Å². The second-order valence-electron chi connectivity index (χ2n) is 5.67. The third-order valence-corrected chi connectivity index (χ3v) is 3.88. The van der Waals surface area contributed by atoms with Gasteiger partial charge >= 0.3 is 5.97 Å². The van der Waals surface area contributed by atoms with Crippen LogP contribution in [0.1, 0.15) is 13.3 Å². The number of hydrogen-bond donors (Lipinski definition) is 0. The Morgan fingerprint density at radius 3 is 1.65 bits per heavy atom. The number of rotatable bonds is 6. The molecule has 0 fully saturated rings. The van der Waals surface area contributed by atoms with Gasteiger partial charge in [-0.15, -0.1) is 0 Å². The molecular formula is C22H19NO3. The van der Waals surface area contributed by atoms with Gasteiger partial charge in [-0.3, -0.25) is 4.79 Å². The van der Waals surface area contributed by atoms with E-state index in [2.05, 4.69) is 4.90 Å². The predicted octanol–water partition coefficient (Wildman–Crippen LogP) is 5.04. The number of hydrogen-bond acceptors (Lipinski definition) is 4. The highest BCUT2D eigenvalue weighted by atomic mass is 16.5. The average Bonchev–Trinajstić information content (AvgIpc) is 2.70. The normalized spacial score (nSPS) is 10.2. The molecule has 3 aromatic rings. The molecular weight excluding hydrogens is 326 g/mol. The number of nitrogens with zero attached hydrogens (tertiary/aromatic N) is 1. The zero-order chi connectivity index (χ0) is 18.4. The fourth-order valence-electron chi connectivity index (χ4n) is 2.57. The Morgan fingerprint density at radius 1 is 0.731 bits per heavy atom. The summed E-state index contributed by atoms with van der Waals surface area (Å²) < 4.78 is 5.11. The molecule has 4 heteroatoms. The Kier molecular flexibility index (Phi) is 5.44. The van der Waals surface area contributed by atoms with Crippen LogP contribution < -0.4 is 9.64 Å². The van der Waals surface area contributed by atoms with Crippen molar-refractivity contribution in [1.82, 2.24) is 0 Å². The molecule has 0 N–H and O–H groups in total. The zero-order valence-corrected chi connectivity index (χ0v) is 14.5. The van der Waals surface area contributed by atoms with Gasteiger partial charge in [0, 0.05) is 23.5 Å². The summed E-state index contributed by atoms with van der Waals surface area (Å²) in [7, 11) is 0. The van der Waals surface area contributed by atoms with Gasteiger partial charge in [0.1, 0.15) is 5.75 Å². The fourth-order valence-corrected chi connectivity index (χ4v) is 2.57. The summed E-state index contributed by atoms with van der Waals surface area (Å²) in [6.45, 7) is 1.63. The topological polar surface area (TPSA) is 46.6 Å². The van der Waals surface area contributed by atoms with Gasteiger partial charge < -0.3 is 9.64 Å². The summed E-state index contributed by atoms with van der Waals surface area (Å²) in [5, 5.41) is 0. The number of benzene rings is 3. The number of carbonyl (C=O) groups excluding carboxylic acids is 2. The number of Topliss-reactive ketones (excluding diaryl/α,β-unsaturated/α-hetero) is 1. The highest BCUT2D eigenvalue weighted by molar-refractivity contribution is 6.34. The summed E-state index contributed by atoms with van der Waals surface area (Å²) >= 11 is 0. The molecule has 4 nitrogen and oxygen atoms in total. The fraction of sp³-hybridized carbons (Fsp3) is 0.0909. The third-order valence-electron chi connectivity index (χ3n) is 3.88. The number of para-hydroxylation sites is 2. The predicted molar refractivity (Wildman–Crippen MR) is 102 cm³/mol. The van der Waals surface area contributed by atoms with Crippen LogP contribution in [-0.2, 0) is 9.59 Å². The molecule has 0 bridgehead atoms. The van der Waals surface area contributed by atoms with Crippen LogP contribution in [0.2, 0.25) is 0 Å². The molecule has 0 saturated carbocycles.